The van der Waals surface area contributed by atoms with Gasteiger partial charge in [-0.05, 0) is 78.9 Å². The van der Waals surface area contributed by atoms with Gasteiger partial charge in [0.25, 0.3) is 10.0 Å². The van der Waals surface area contributed by atoms with Crippen molar-refractivity contribution in [1.82, 2.24) is 9.55 Å². The van der Waals surface area contributed by atoms with E-state index >= 15 is 0 Å². The Labute approximate surface area is 225 Å². The standard InChI is InChI=1S/C26H23ClF3N3O2S.ClH/c27-21-4-8-24(9-5-21)36(34,35)33(26-17-23(29)7-10-25(26)30)14-11-19-3-6-22(28)16-20(19)2-1-13-32-15-12-31-18-32;/h3-10,12,15-18H,1-2,11,13-14H2;1H. The van der Waals surface area contributed by atoms with Crippen LogP contribution in [0.3, 0.4) is 0 Å². The van der Waals surface area contributed by atoms with Gasteiger partial charge >= 0.3 is 0 Å². The number of halogens is 5. The number of hydrogen-bond acceptors (Lipinski definition) is 3. The molecule has 0 bridgehead atoms. The Bertz CT molecular complexity index is 1430. The van der Waals surface area contributed by atoms with Gasteiger partial charge in [0.2, 0.25) is 0 Å². The summed E-state index contributed by atoms with van der Waals surface area (Å²) in [4.78, 5) is 3.88. The summed E-state index contributed by atoms with van der Waals surface area (Å²) in [6.07, 6.45) is 6.61. The van der Waals surface area contributed by atoms with E-state index in [1.165, 1.54) is 36.4 Å². The van der Waals surface area contributed by atoms with Crippen molar-refractivity contribution in [2.45, 2.75) is 30.7 Å². The number of rotatable bonds is 10. The fraction of sp³-hybridized carbons (Fsp3) is 0.192. The highest BCUT2D eigenvalue weighted by molar-refractivity contribution is 7.92. The van der Waals surface area contributed by atoms with Gasteiger partial charge in [0.15, 0.2) is 0 Å². The van der Waals surface area contributed by atoms with E-state index in [0.717, 1.165) is 33.6 Å². The summed E-state index contributed by atoms with van der Waals surface area (Å²) in [5.41, 5.74) is 1.03. The Hall–Kier alpha value is -3.01. The zero-order valence-corrected chi connectivity index (χ0v) is 21.9. The second-order valence-electron chi connectivity index (χ2n) is 8.19. The van der Waals surface area contributed by atoms with Crippen LogP contribution < -0.4 is 4.31 Å². The number of hydrogen-bond donors (Lipinski definition) is 0. The number of imidazole rings is 1. The first-order valence-corrected chi connectivity index (χ1v) is 13.0. The minimum Gasteiger partial charge on any atom is -0.337 e. The molecule has 11 heteroatoms. The van der Waals surface area contributed by atoms with Crippen molar-refractivity contribution in [1.29, 1.82) is 0 Å². The molecular weight excluding hydrogens is 546 g/mol. The summed E-state index contributed by atoms with van der Waals surface area (Å²) in [7, 11) is -4.26. The van der Waals surface area contributed by atoms with E-state index in [9.17, 15) is 21.6 Å². The molecule has 0 atom stereocenters. The molecule has 37 heavy (non-hydrogen) atoms. The maximum absolute atomic E-state index is 14.7. The Balaban J connectivity index is 0.00000380. The van der Waals surface area contributed by atoms with Gasteiger partial charge in [0.1, 0.15) is 17.5 Å². The van der Waals surface area contributed by atoms with Gasteiger partial charge in [0, 0.05) is 36.6 Å². The molecule has 0 aliphatic rings. The molecule has 0 saturated carbocycles. The normalized spacial score (nSPS) is 11.2. The quantitative estimate of drug-likeness (QED) is 0.220. The first-order valence-electron chi connectivity index (χ1n) is 11.2. The zero-order valence-electron chi connectivity index (χ0n) is 19.5. The zero-order chi connectivity index (χ0) is 25.7. The Morgan fingerprint density at radius 1 is 0.892 bits per heavy atom. The summed E-state index contributed by atoms with van der Waals surface area (Å²) >= 11 is 5.90. The molecule has 1 heterocycles. The van der Waals surface area contributed by atoms with Crippen LogP contribution in [0.5, 0.6) is 0 Å². The van der Waals surface area contributed by atoms with E-state index in [-0.39, 0.29) is 30.3 Å². The lowest BCUT2D eigenvalue weighted by molar-refractivity contribution is 0.579. The maximum Gasteiger partial charge on any atom is 0.264 e. The number of sulfonamides is 1. The fourth-order valence-electron chi connectivity index (χ4n) is 3.95. The molecule has 0 aliphatic heterocycles. The highest BCUT2D eigenvalue weighted by atomic mass is 35.5. The molecule has 4 rings (SSSR count). The van der Waals surface area contributed by atoms with Crippen molar-refractivity contribution in [2.24, 2.45) is 0 Å². The van der Waals surface area contributed by atoms with Crippen molar-refractivity contribution in [2.75, 3.05) is 10.8 Å². The smallest absolute Gasteiger partial charge is 0.264 e. The highest BCUT2D eigenvalue weighted by Crippen LogP contribution is 2.29. The SMILES string of the molecule is Cl.O=S(=O)(c1ccc(Cl)cc1)N(CCc1ccc(F)cc1CCCn1ccnc1)c1cc(F)ccc1F. The molecule has 1 aromatic heterocycles. The average Bonchev–Trinajstić information content (AvgIpc) is 3.36. The molecule has 4 aromatic rings. The molecule has 0 N–H and O–H groups in total. The molecular formula is C26H24Cl2F3N3O2S. The van der Waals surface area contributed by atoms with Crippen molar-refractivity contribution < 1.29 is 21.6 Å². The van der Waals surface area contributed by atoms with Crippen molar-refractivity contribution in [3.8, 4) is 0 Å². The Morgan fingerprint density at radius 3 is 2.30 bits per heavy atom. The van der Waals surface area contributed by atoms with Crippen LogP contribution in [0.1, 0.15) is 17.5 Å². The lowest BCUT2D eigenvalue weighted by Gasteiger charge is -2.25. The summed E-state index contributed by atoms with van der Waals surface area (Å²) < 4.78 is 72.5. The van der Waals surface area contributed by atoms with Gasteiger partial charge in [-0.2, -0.15) is 0 Å². The number of aryl methyl sites for hydroxylation is 2. The first kappa shape index (κ1) is 28.6. The van der Waals surface area contributed by atoms with E-state index < -0.39 is 33.2 Å². The van der Waals surface area contributed by atoms with Crippen molar-refractivity contribution >= 4 is 39.7 Å². The minimum atomic E-state index is -4.26. The minimum absolute atomic E-state index is 0. The second-order valence-corrected chi connectivity index (χ2v) is 10.5. The Kier molecular flexibility index (Phi) is 9.64. The van der Waals surface area contributed by atoms with Crippen molar-refractivity contribution in [3.63, 3.8) is 0 Å². The van der Waals surface area contributed by atoms with Gasteiger partial charge < -0.3 is 4.57 Å². The molecule has 0 saturated heterocycles. The average molecular weight is 570 g/mol. The number of aromatic nitrogens is 2. The van der Waals surface area contributed by atoms with Gasteiger partial charge in [-0.25, -0.2) is 26.6 Å². The molecule has 0 amide bonds. The Morgan fingerprint density at radius 2 is 1.59 bits per heavy atom. The van der Waals surface area contributed by atoms with Crippen LogP contribution in [0.4, 0.5) is 18.9 Å². The second kappa shape index (κ2) is 12.5. The van der Waals surface area contributed by atoms with Crippen LogP contribution in [0, 0.1) is 17.5 Å². The van der Waals surface area contributed by atoms with Gasteiger partial charge in [0.05, 0.1) is 16.9 Å². The monoisotopic (exact) mass is 569 g/mol. The molecule has 0 spiro atoms. The van der Waals surface area contributed by atoms with Crippen LogP contribution in [0.2, 0.25) is 5.02 Å². The summed E-state index contributed by atoms with van der Waals surface area (Å²) in [6.45, 7) is 0.493. The topological polar surface area (TPSA) is 55.2 Å². The number of anilines is 1. The molecule has 0 aliphatic carbocycles. The van der Waals surface area contributed by atoms with Crippen LogP contribution in [0.15, 0.2) is 84.3 Å². The molecule has 196 valence electrons. The number of benzene rings is 3. The van der Waals surface area contributed by atoms with Crippen LogP contribution in [-0.4, -0.2) is 24.5 Å². The van der Waals surface area contributed by atoms with Crippen LogP contribution in [0.25, 0.3) is 0 Å². The molecule has 5 nitrogen and oxygen atoms in total. The van der Waals surface area contributed by atoms with E-state index in [1.807, 2.05) is 10.8 Å². The van der Waals surface area contributed by atoms with Crippen molar-refractivity contribution in [3.05, 3.63) is 113 Å². The van der Waals surface area contributed by atoms with E-state index in [0.29, 0.717) is 24.4 Å². The third kappa shape index (κ3) is 7.06. The summed E-state index contributed by atoms with van der Waals surface area (Å²) in [5.74, 6) is -2.06. The van der Waals surface area contributed by atoms with E-state index in [2.05, 4.69) is 4.98 Å². The van der Waals surface area contributed by atoms with Gasteiger partial charge in [-0.3, -0.25) is 4.31 Å². The van der Waals surface area contributed by atoms with E-state index in [1.54, 1.807) is 18.6 Å². The largest absolute Gasteiger partial charge is 0.337 e. The summed E-state index contributed by atoms with van der Waals surface area (Å²) in [5, 5.41) is 0.337. The van der Waals surface area contributed by atoms with Crippen LogP contribution in [-0.2, 0) is 29.4 Å². The van der Waals surface area contributed by atoms with E-state index in [4.69, 9.17) is 11.6 Å². The predicted molar refractivity (Wildman–Crippen MR) is 140 cm³/mol. The van der Waals surface area contributed by atoms with Crippen LogP contribution >= 0.6 is 24.0 Å². The fourth-order valence-corrected chi connectivity index (χ4v) is 5.54. The lowest BCUT2D eigenvalue weighted by atomic mass is 10.00. The predicted octanol–water partition coefficient (Wildman–Crippen LogP) is 6.45. The highest BCUT2D eigenvalue weighted by Gasteiger charge is 2.28. The van der Waals surface area contributed by atoms with Gasteiger partial charge in [-0.15, -0.1) is 12.4 Å². The third-order valence-electron chi connectivity index (χ3n) is 5.75. The lowest BCUT2D eigenvalue weighted by Crippen LogP contribution is -2.34. The summed E-state index contributed by atoms with van der Waals surface area (Å²) in [6, 6.07) is 12.4. The first-order chi connectivity index (χ1) is 17.2. The molecule has 0 radical (unpaired) electrons. The number of nitrogens with zero attached hydrogens (tertiary/aromatic N) is 3. The third-order valence-corrected chi connectivity index (χ3v) is 7.83. The molecule has 3 aromatic carbocycles. The maximum atomic E-state index is 14.7. The molecule has 0 fully saturated rings. The van der Waals surface area contributed by atoms with Gasteiger partial charge in [-0.1, -0.05) is 17.7 Å². The molecule has 0 unspecified atom stereocenters.